The van der Waals surface area contributed by atoms with E-state index >= 15 is 0 Å². The lowest BCUT2D eigenvalue weighted by Crippen LogP contribution is -2.62. The van der Waals surface area contributed by atoms with Gasteiger partial charge in [-0.25, -0.2) is 20.0 Å². The predicted molar refractivity (Wildman–Crippen MR) is 124 cm³/mol. The molecule has 3 aliphatic rings. The molecule has 9 heteroatoms. The quantitative estimate of drug-likeness (QED) is 0.607. The molecule has 2 aliphatic heterocycles. The number of hydrogen-bond donors (Lipinski definition) is 0. The fourth-order valence-corrected chi connectivity index (χ4v) is 4.42. The number of aliphatic imine (C=N–C) groups is 4. The SMILES string of the molecule is COC1=N[C@]2(CC=CC[C@]3(N=C(OC)[C@@H](C(C)C)N=C3OC)C2=O)C(OC)=N[C@@H]1C(C)C. The molecule has 0 radical (unpaired) electrons. The number of ether oxygens (including phenoxy) is 4. The maximum atomic E-state index is 14.4. The number of carbonyl (C=O) groups is 1. The molecule has 9 nitrogen and oxygen atoms in total. The molecule has 0 aromatic carbocycles. The summed E-state index contributed by atoms with van der Waals surface area (Å²) >= 11 is 0. The Morgan fingerprint density at radius 3 is 1.41 bits per heavy atom. The summed E-state index contributed by atoms with van der Waals surface area (Å²) in [5.74, 6) is 1.15. The molecule has 3 rings (SSSR count). The number of ketones is 1. The van der Waals surface area contributed by atoms with Crippen molar-refractivity contribution in [2.75, 3.05) is 28.4 Å². The van der Waals surface area contributed by atoms with Crippen LogP contribution in [0.4, 0.5) is 0 Å². The van der Waals surface area contributed by atoms with Crippen molar-refractivity contribution in [1.82, 2.24) is 0 Å². The van der Waals surface area contributed by atoms with E-state index in [0.717, 1.165) is 0 Å². The van der Waals surface area contributed by atoms with Gasteiger partial charge < -0.3 is 18.9 Å². The van der Waals surface area contributed by atoms with Crippen molar-refractivity contribution in [2.24, 2.45) is 31.8 Å². The normalized spacial score (nSPS) is 32.4. The highest BCUT2D eigenvalue weighted by molar-refractivity contribution is 6.26. The van der Waals surface area contributed by atoms with Crippen molar-refractivity contribution in [2.45, 2.75) is 63.7 Å². The molecule has 0 saturated carbocycles. The number of carbonyl (C=O) groups excluding carboxylic acids is 1. The van der Waals surface area contributed by atoms with Gasteiger partial charge in [-0.3, -0.25) is 4.79 Å². The molecule has 0 bridgehead atoms. The van der Waals surface area contributed by atoms with Crippen LogP contribution in [0.1, 0.15) is 40.5 Å². The van der Waals surface area contributed by atoms with Crippen LogP contribution in [0.15, 0.2) is 32.1 Å². The minimum atomic E-state index is -1.44. The van der Waals surface area contributed by atoms with Crippen LogP contribution >= 0.6 is 0 Å². The van der Waals surface area contributed by atoms with E-state index in [0.29, 0.717) is 11.8 Å². The third-order valence-electron chi connectivity index (χ3n) is 6.14. The first kappa shape index (κ1) is 23.9. The number of methoxy groups -OCH3 is 4. The van der Waals surface area contributed by atoms with Gasteiger partial charge in [-0.2, -0.15) is 0 Å². The van der Waals surface area contributed by atoms with Crippen molar-refractivity contribution in [3.8, 4) is 0 Å². The van der Waals surface area contributed by atoms with Crippen LogP contribution in [0.3, 0.4) is 0 Å². The van der Waals surface area contributed by atoms with E-state index in [1.807, 2.05) is 39.8 Å². The molecule has 0 aromatic heterocycles. The molecular weight excluding hydrogens is 412 g/mol. The van der Waals surface area contributed by atoms with E-state index < -0.39 is 11.1 Å². The largest absolute Gasteiger partial charge is 0.483 e. The maximum Gasteiger partial charge on any atom is 0.221 e. The zero-order valence-electron chi connectivity index (χ0n) is 20.2. The fourth-order valence-electron chi connectivity index (χ4n) is 4.42. The Morgan fingerprint density at radius 2 is 1.12 bits per heavy atom. The lowest BCUT2D eigenvalue weighted by molar-refractivity contribution is -0.125. The number of hydrogen-bond acceptors (Lipinski definition) is 9. The van der Waals surface area contributed by atoms with Gasteiger partial charge in [-0.15, -0.1) is 0 Å². The first-order valence-corrected chi connectivity index (χ1v) is 10.9. The van der Waals surface area contributed by atoms with E-state index in [1.165, 1.54) is 14.2 Å². The van der Waals surface area contributed by atoms with Gasteiger partial charge in [0.1, 0.15) is 12.1 Å². The molecule has 4 atom stereocenters. The lowest BCUT2D eigenvalue weighted by Gasteiger charge is -2.40. The Morgan fingerprint density at radius 1 is 0.750 bits per heavy atom. The van der Waals surface area contributed by atoms with Gasteiger partial charge in [-0.1, -0.05) is 39.8 Å². The monoisotopic (exact) mass is 446 g/mol. The summed E-state index contributed by atoms with van der Waals surface area (Å²) in [7, 11) is 6.09. The third kappa shape index (κ3) is 3.61. The van der Waals surface area contributed by atoms with Crippen molar-refractivity contribution in [1.29, 1.82) is 0 Å². The molecule has 2 heterocycles. The zero-order chi connectivity index (χ0) is 23.7. The predicted octanol–water partition coefficient (Wildman–Crippen LogP) is 2.64. The topological polar surface area (TPSA) is 103 Å². The smallest absolute Gasteiger partial charge is 0.221 e. The van der Waals surface area contributed by atoms with Crippen molar-refractivity contribution in [3.05, 3.63) is 12.2 Å². The third-order valence-corrected chi connectivity index (χ3v) is 6.14. The molecule has 0 amide bonds. The van der Waals surface area contributed by atoms with Crippen LogP contribution in [0, 0.1) is 11.8 Å². The lowest BCUT2D eigenvalue weighted by atomic mass is 9.77. The van der Waals surface area contributed by atoms with Gasteiger partial charge in [0.05, 0.1) is 28.4 Å². The Kier molecular flexibility index (Phi) is 6.76. The fraction of sp³-hybridized carbons (Fsp3) is 0.696. The Hall–Kier alpha value is -2.71. The van der Waals surface area contributed by atoms with E-state index in [1.54, 1.807) is 14.2 Å². The molecule has 32 heavy (non-hydrogen) atoms. The number of rotatable bonds is 2. The molecule has 0 unspecified atom stereocenters. The summed E-state index contributed by atoms with van der Waals surface area (Å²) in [5.41, 5.74) is -2.88. The number of Topliss-reactive ketones (excluding diaryl/α,β-unsaturated/α-hetero) is 1. The average molecular weight is 447 g/mol. The Balaban J connectivity index is 2.24. The highest BCUT2D eigenvalue weighted by Crippen LogP contribution is 2.40. The minimum Gasteiger partial charge on any atom is -0.483 e. The second-order valence-electron chi connectivity index (χ2n) is 8.89. The van der Waals surface area contributed by atoms with Crippen LogP contribution in [-0.2, 0) is 23.7 Å². The van der Waals surface area contributed by atoms with Crippen LogP contribution in [0.2, 0.25) is 0 Å². The molecule has 2 spiro atoms. The van der Waals surface area contributed by atoms with Crippen molar-refractivity contribution in [3.63, 3.8) is 0 Å². The van der Waals surface area contributed by atoms with Gasteiger partial charge in [0, 0.05) is 12.8 Å². The summed E-state index contributed by atoms with van der Waals surface area (Å²) in [6.45, 7) is 8.06. The first-order valence-electron chi connectivity index (χ1n) is 10.9. The van der Waals surface area contributed by atoms with Gasteiger partial charge in [0.2, 0.25) is 40.5 Å². The second-order valence-corrected chi connectivity index (χ2v) is 8.89. The van der Waals surface area contributed by atoms with Gasteiger partial charge in [0.25, 0.3) is 0 Å². The van der Waals surface area contributed by atoms with Crippen LogP contribution in [0.5, 0.6) is 0 Å². The first-order chi connectivity index (χ1) is 15.2. The average Bonchev–Trinajstić information content (AvgIpc) is 2.91. The summed E-state index contributed by atoms with van der Waals surface area (Å²) in [4.78, 5) is 33.6. The molecule has 176 valence electrons. The van der Waals surface area contributed by atoms with Gasteiger partial charge in [-0.05, 0) is 11.8 Å². The summed E-state index contributed by atoms with van der Waals surface area (Å²) in [5, 5.41) is 0. The van der Waals surface area contributed by atoms with Crippen LogP contribution in [-0.4, -0.2) is 81.0 Å². The maximum absolute atomic E-state index is 14.4. The highest BCUT2D eigenvalue weighted by atomic mass is 16.5. The van der Waals surface area contributed by atoms with Crippen LogP contribution < -0.4 is 0 Å². The van der Waals surface area contributed by atoms with E-state index in [9.17, 15) is 4.79 Å². The molecule has 1 aliphatic carbocycles. The zero-order valence-corrected chi connectivity index (χ0v) is 20.2. The second kappa shape index (κ2) is 9.03. The Bertz CT molecular complexity index is 834. The summed E-state index contributed by atoms with van der Waals surface area (Å²) < 4.78 is 22.5. The minimum absolute atomic E-state index is 0.109. The van der Waals surface area contributed by atoms with Crippen molar-refractivity contribution < 1.29 is 23.7 Å². The molecule has 0 N–H and O–H groups in total. The van der Waals surface area contributed by atoms with Crippen LogP contribution in [0.25, 0.3) is 0 Å². The molecule has 0 fully saturated rings. The molecule has 0 aromatic rings. The van der Waals surface area contributed by atoms with Gasteiger partial charge >= 0.3 is 0 Å². The molecular formula is C23H34N4O5. The van der Waals surface area contributed by atoms with E-state index in [2.05, 4.69) is 0 Å². The standard InChI is InChI=1S/C23H34N4O5/c1-13(2)15-17(29-5)26-22(20(24-15)31-7)11-9-10-12-23(19(22)28)21(32-8)25-16(14(3)4)18(27-23)30-6/h9-10,13-16H,11-12H2,1-8H3/t15-,16-,22+,23+/m1/s1. The van der Waals surface area contributed by atoms with E-state index in [-0.39, 0.29) is 54.3 Å². The Labute approximate surface area is 189 Å². The summed E-state index contributed by atoms with van der Waals surface area (Å²) in [6.07, 6.45) is 4.33. The number of nitrogens with zero attached hydrogens (tertiary/aromatic N) is 4. The molecule has 0 saturated heterocycles. The van der Waals surface area contributed by atoms with Crippen molar-refractivity contribution >= 4 is 29.4 Å². The van der Waals surface area contributed by atoms with E-state index in [4.69, 9.17) is 38.9 Å². The highest BCUT2D eigenvalue weighted by Gasteiger charge is 2.61. The van der Waals surface area contributed by atoms with Gasteiger partial charge in [0.15, 0.2) is 0 Å². The summed E-state index contributed by atoms with van der Waals surface area (Å²) in [6, 6.07) is -0.691.